The number of nitrogens with zero attached hydrogens (tertiary/aromatic N) is 2. The lowest BCUT2D eigenvalue weighted by molar-refractivity contribution is 1.15. The van der Waals surface area contributed by atoms with E-state index in [-0.39, 0.29) is 10.6 Å². The molecule has 82 valence electrons. The zero-order chi connectivity index (χ0) is 11.5. The van der Waals surface area contributed by atoms with Gasteiger partial charge in [0.15, 0.2) is 10.6 Å². The van der Waals surface area contributed by atoms with Gasteiger partial charge in [0.1, 0.15) is 11.5 Å². The molecular formula is C9H9N5S2. The molecule has 0 radical (unpaired) electrons. The van der Waals surface area contributed by atoms with E-state index < -0.39 is 0 Å². The average Bonchev–Trinajstić information content (AvgIpc) is 2.68. The summed E-state index contributed by atoms with van der Waals surface area (Å²) in [4.78, 5) is 11.8. The highest BCUT2D eigenvalue weighted by atomic mass is 32.1. The van der Waals surface area contributed by atoms with Crippen molar-refractivity contribution in [1.29, 1.82) is 0 Å². The number of rotatable bonds is 2. The van der Waals surface area contributed by atoms with Crippen LogP contribution < -0.4 is 11.5 Å². The second kappa shape index (κ2) is 4.42. The second-order valence-corrected chi connectivity index (χ2v) is 4.33. The van der Waals surface area contributed by atoms with Gasteiger partial charge in [-0.2, -0.15) is 0 Å². The molecular weight excluding hydrogens is 242 g/mol. The topological polar surface area (TPSA) is 93.1 Å². The molecule has 0 unspecified atom stereocenters. The third kappa shape index (κ3) is 2.26. The molecule has 0 saturated carbocycles. The Morgan fingerprint density at radius 3 is 2.94 bits per heavy atom. The molecule has 0 amide bonds. The Morgan fingerprint density at radius 2 is 2.31 bits per heavy atom. The van der Waals surface area contributed by atoms with Crippen LogP contribution in [-0.2, 0) is 0 Å². The molecule has 2 aromatic heterocycles. The quantitative estimate of drug-likeness (QED) is 0.563. The van der Waals surface area contributed by atoms with Crippen molar-refractivity contribution in [1.82, 2.24) is 9.97 Å². The monoisotopic (exact) mass is 251 g/mol. The van der Waals surface area contributed by atoms with E-state index in [1.165, 1.54) is 0 Å². The van der Waals surface area contributed by atoms with Crippen molar-refractivity contribution in [3.05, 3.63) is 27.2 Å². The van der Waals surface area contributed by atoms with Crippen LogP contribution in [-0.4, -0.2) is 16.2 Å². The summed E-state index contributed by atoms with van der Waals surface area (Å²) < 4.78 is 0.255. The van der Waals surface area contributed by atoms with Crippen LogP contribution in [0.2, 0.25) is 0 Å². The summed E-state index contributed by atoms with van der Waals surface area (Å²) in [6.45, 7) is 0. The molecule has 5 N–H and O–H groups in total. The van der Waals surface area contributed by atoms with E-state index in [0.29, 0.717) is 11.5 Å². The Kier molecular flexibility index (Phi) is 2.97. The number of hydrogen-bond acceptors (Lipinski definition) is 6. The summed E-state index contributed by atoms with van der Waals surface area (Å²) in [5.41, 5.74) is 11.8. The molecule has 0 spiro atoms. The molecule has 7 heteroatoms. The third-order valence-electron chi connectivity index (χ3n) is 1.83. The molecule has 0 aliphatic rings. The number of H-pyrrole nitrogens is 1. The smallest absolute Gasteiger partial charge is 0.200 e. The second-order valence-electron chi connectivity index (χ2n) is 2.96. The van der Waals surface area contributed by atoms with Crippen LogP contribution >= 0.6 is 23.6 Å². The fourth-order valence-electron chi connectivity index (χ4n) is 1.13. The van der Waals surface area contributed by atoms with Gasteiger partial charge in [-0.1, -0.05) is 6.07 Å². The number of anilines is 2. The van der Waals surface area contributed by atoms with Crippen LogP contribution in [0.25, 0.3) is 0 Å². The minimum atomic E-state index is 0.231. The van der Waals surface area contributed by atoms with E-state index in [2.05, 4.69) is 15.0 Å². The summed E-state index contributed by atoms with van der Waals surface area (Å²) in [7, 11) is 0. The zero-order valence-electron chi connectivity index (χ0n) is 8.18. The molecule has 0 aromatic carbocycles. The van der Waals surface area contributed by atoms with Gasteiger partial charge in [-0.3, -0.25) is 0 Å². The van der Waals surface area contributed by atoms with Gasteiger partial charge in [0.25, 0.3) is 0 Å². The number of nitrogen functional groups attached to an aromatic ring is 2. The minimum Gasteiger partial charge on any atom is -0.383 e. The van der Waals surface area contributed by atoms with Crippen LogP contribution in [0.5, 0.6) is 0 Å². The third-order valence-corrected chi connectivity index (χ3v) is 2.83. The van der Waals surface area contributed by atoms with Crippen molar-refractivity contribution in [3.8, 4) is 0 Å². The van der Waals surface area contributed by atoms with Crippen molar-refractivity contribution in [3.63, 3.8) is 0 Å². The number of nitrogens with two attached hydrogens (primary N) is 2. The Hall–Kier alpha value is -1.73. The molecule has 0 saturated heterocycles. The van der Waals surface area contributed by atoms with E-state index in [1.807, 2.05) is 17.5 Å². The van der Waals surface area contributed by atoms with Gasteiger partial charge < -0.3 is 16.5 Å². The SMILES string of the molecule is Nc1nc(=S)[nH]c(N)c1N=Cc1cccs1. The van der Waals surface area contributed by atoms with Crippen LogP contribution in [0.15, 0.2) is 22.5 Å². The maximum absolute atomic E-state index is 5.71. The van der Waals surface area contributed by atoms with Gasteiger partial charge >= 0.3 is 0 Å². The first-order valence-corrected chi connectivity index (χ1v) is 5.68. The van der Waals surface area contributed by atoms with Crippen LogP contribution in [0.3, 0.4) is 0 Å². The van der Waals surface area contributed by atoms with Gasteiger partial charge in [-0.15, -0.1) is 11.3 Å². The molecule has 2 rings (SSSR count). The zero-order valence-corrected chi connectivity index (χ0v) is 9.81. The Bertz CT molecular complexity index is 544. The Morgan fingerprint density at radius 1 is 1.50 bits per heavy atom. The molecule has 0 aliphatic carbocycles. The van der Waals surface area contributed by atoms with Gasteiger partial charge in [-0.05, 0) is 23.7 Å². The summed E-state index contributed by atoms with van der Waals surface area (Å²) in [6.07, 6.45) is 1.69. The molecule has 5 nitrogen and oxygen atoms in total. The van der Waals surface area contributed by atoms with Gasteiger partial charge in [0, 0.05) is 11.1 Å². The number of aliphatic imine (C=N–C) groups is 1. The molecule has 2 aromatic rings. The fraction of sp³-hybridized carbons (Fsp3) is 0. The van der Waals surface area contributed by atoms with Crippen LogP contribution in [0.1, 0.15) is 4.88 Å². The van der Waals surface area contributed by atoms with E-state index in [0.717, 1.165) is 4.88 Å². The highest BCUT2D eigenvalue weighted by Crippen LogP contribution is 2.25. The first kappa shape index (κ1) is 10.8. The van der Waals surface area contributed by atoms with Gasteiger partial charge in [0.05, 0.1) is 0 Å². The maximum atomic E-state index is 5.71. The molecule has 2 heterocycles. The van der Waals surface area contributed by atoms with Crippen molar-refractivity contribution < 1.29 is 0 Å². The summed E-state index contributed by atoms with van der Waals surface area (Å²) in [5, 5.41) is 1.96. The van der Waals surface area contributed by atoms with E-state index >= 15 is 0 Å². The maximum Gasteiger partial charge on any atom is 0.200 e. The summed E-state index contributed by atoms with van der Waals surface area (Å²) in [6, 6.07) is 3.88. The fourth-order valence-corrected chi connectivity index (χ4v) is 1.92. The molecule has 0 atom stereocenters. The number of hydrogen-bond donors (Lipinski definition) is 3. The van der Waals surface area contributed by atoms with Gasteiger partial charge in [-0.25, -0.2) is 9.98 Å². The van der Waals surface area contributed by atoms with Crippen molar-refractivity contribution >= 4 is 47.1 Å². The average molecular weight is 251 g/mol. The number of thiophene rings is 1. The lowest BCUT2D eigenvalue weighted by Crippen LogP contribution is -1.99. The Labute approximate surface area is 101 Å². The highest BCUT2D eigenvalue weighted by Gasteiger charge is 2.03. The molecule has 0 aliphatic heterocycles. The minimum absolute atomic E-state index is 0.231. The molecule has 16 heavy (non-hydrogen) atoms. The van der Waals surface area contributed by atoms with E-state index in [1.54, 1.807) is 17.6 Å². The first-order valence-electron chi connectivity index (χ1n) is 4.39. The summed E-state index contributed by atoms with van der Waals surface area (Å²) in [5.74, 6) is 0.555. The Balaban J connectivity index is 2.38. The number of aromatic amines is 1. The standard InChI is InChI=1S/C9H9N5S2/c10-7-6(8(11)14-9(15)13-7)12-4-5-2-1-3-16-5/h1-4H,(H5,10,11,13,14,15). The van der Waals surface area contributed by atoms with Crippen molar-refractivity contribution in [2.75, 3.05) is 11.5 Å². The lowest BCUT2D eigenvalue weighted by atomic mass is 10.4. The largest absolute Gasteiger partial charge is 0.383 e. The predicted molar refractivity (Wildman–Crippen MR) is 69.8 cm³/mol. The molecule has 0 bridgehead atoms. The molecule has 0 fully saturated rings. The van der Waals surface area contributed by atoms with E-state index in [9.17, 15) is 0 Å². The first-order chi connectivity index (χ1) is 7.66. The highest BCUT2D eigenvalue weighted by molar-refractivity contribution is 7.71. The van der Waals surface area contributed by atoms with Crippen LogP contribution in [0, 0.1) is 4.77 Å². The number of nitrogens with one attached hydrogen (secondary N) is 1. The van der Waals surface area contributed by atoms with Crippen molar-refractivity contribution in [2.45, 2.75) is 0 Å². The summed E-state index contributed by atoms with van der Waals surface area (Å²) >= 11 is 6.41. The van der Waals surface area contributed by atoms with Gasteiger partial charge in [0.2, 0.25) is 0 Å². The lowest BCUT2D eigenvalue weighted by Gasteiger charge is -2.02. The van der Waals surface area contributed by atoms with E-state index in [4.69, 9.17) is 23.7 Å². The van der Waals surface area contributed by atoms with Crippen molar-refractivity contribution in [2.24, 2.45) is 4.99 Å². The van der Waals surface area contributed by atoms with Crippen LogP contribution in [0.4, 0.5) is 17.3 Å². The number of aromatic nitrogens is 2. The predicted octanol–water partition coefficient (Wildman–Crippen LogP) is 2.12. The normalized spacial score (nSPS) is 11.0.